The van der Waals surface area contributed by atoms with Gasteiger partial charge in [0.2, 0.25) is 5.91 Å². The van der Waals surface area contributed by atoms with Crippen LogP contribution in [0.1, 0.15) is 258 Å². The first-order valence-corrected chi connectivity index (χ1v) is 30.8. The Morgan fingerprint density at radius 2 is 0.973 bits per heavy atom. The van der Waals surface area contributed by atoms with Gasteiger partial charge in [-0.2, -0.15) is 0 Å². The molecule has 1 aliphatic rings. The number of aliphatic hydroxyl groups is 5. The SMILES string of the molecule is CC/C=C/C=C/C=C/C=C\CCCCCCC(O)C(=O)NC(COC1OC(CO)C(O)C(O)C1OC(=O)CCCCCCCCCCC/C=C/CCCCCCCC)C(O)/C=C/CCCCCCCCCCCCC. The van der Waals surface area contributed by atoms with E-state index in [1.54, 1.807) is 6.08 Å². The molecule has 11 nitrogen and oxygen atoms in total. The molecule has 1 fully saturated rings. The quantitative estimate of drug-likeness (QED) is 0.0149. The van der Waals surface area contributed by atoms with Crippen LogP contribution in [0.5, 0.6) is 0 Å². The zero-order chi connectivity index (χ0) is 54.7. The summed E-state index contributed by atoms with van der Waals surface area (Å²) in [7, 11) is 0. The van der Waals surface area contributed by atoms with Crippen LogP contribution in [0.3, 0.4) is 0 Å². The molecule has 11 heteroatoms. The second-order valence-electron chi connectivity index (χ2n) is 21.1. The van der Waals surface area contributed by atoms with Gasteiger partial charge in [-0.05, 0) is 70.6 Å². The summed E-state index contributed by atoms with van der Waals surface area (Å²) in [6.07, 6.45) is 55.1. The average Bonchev–Trinajstić information content (AvgIpc) is 3.41. The van der Waals surface area contributed by atoms with E-state index in [2.05, 4.69) is 50.4 Å². The van der Waals surface area contributed by atoms with Crippen molar-refractivity contribution in [2.24, 2.45) is 0 Å². The van der Waals surface area contributed by atoms with Gasteiger partial charge in [-0.1, -0.05) is 254 Å². The summed E-state index contributed by atoms with van der Waals surface area (Å²) in [5.74, 6) is -1.22. The number of esters is 1. The molecule has 0 radical (unpaired) electrons. The van der Waals surface area contributed by atoms with Crippen molar-refractivity contribution in [3.05, 3.63) is 72.9 Å². The van der Waals surface area contributed by atoms with Gasteiger partial charge >= 0.3 is 5.97 Å². The van der Waals surface area contributed by atoms with Crippen LogP contribution in [0.25, 0.3) is 0 Å². The fraction of sp³-hybridized carbons (Fsp3) is 0.781. The maximum Gasteiger partial charge on any atom is 0.306 e. The molecule has 1 amide bonds. The zero-order valence-electron chi connectivity index (χ0n) is 47.9. The number of unbranched alkanes of at least 4 members (excludes halogenated alkanes) is 30. The van der Waals surface area contributed by atoms with E-state index in [-0.39, 0.29) is 19.4 Å². The Balaban J connectivity index is 2.70. The molecule has 1 rings (SSSR count). The van der Waals surface area contributed by atoms with Crippen molar-refractivity contribution in [3.8, 4) is 0 Å². The summed E-state index contributed by atoms with van der Waals surface area (Å²) >= 11 is 0. The Morgan fingerprint density at radius 1 is 0.533 bits per heavy atom. The Labute approximate surface area is 458 Å². The van der Waals surface area contributed by atoms with Gasteiger partial charge in [-0.15, -0.1) is 0 Å². The molecule has 0 aromatic heterocycles. The Hall–Kier alpha value is -2.90. The monoisotopic (exact) mass is 1060 g/mol. The fourth-order valence-electron chi connectivity index (χ4n) is 9.30. The normalized spacial score (nSPS) is 19.7. The molecule has 434 valence electrons. The van der Waals surface area contributed by atoms with E-state index in [1.165, 1.54) is 141 Å². The van der Waals surface area contributed by atoms with E-state index < -0.39 is 67.4 Å². The van der Waals surface area contributed by atoms with Gasteiger partial charge in [0.15, 0.2) is 12.4 Å². The fourth-order valence-corrected chi connectivity index (χ4v) is 9.30. The molecule has 1 saturated heterocycles. The lowest BCUT2D eigenvalue weighted by Gasteiger charge is -2.41. The van der Waals surface area contributed by atoms with Crippen molar-refractivity contribution < 1.29 is 49.3 Å². The Morgan fingerprint density at radius 3 is 1.48 bits per heavy atom. The molecule has 8 atom stereocenters. The van der Waals surface area contributed by atoms with Gasteiger partial charge in [0, 0.05) is 6.42 Å². The molecule has 0 spiro atoms. The number of hydrogen-bond donors (Lipinski definition) is 6. The maximum atomic E-state index is 13.4. The predicted octanol–water partition coefficient (Wildman–Crippen LogP) is 14.4. The summed E-state index contributed by atoms with van der Waals surface area (Å²) in [6.45, 7) is 5.63. The van der Waals surface area contributed by atoms with Crippen LogP contribution in [0, 0.1) is 0 Å². The van der Waals surface area contributed by atoms with Crippen LogP contribution in [0.2, 0.25) is 0 Å². The maximum absolute atomic E-state index is 13.4. The Kier molecular flexibility index (Phi) is 48.5. The van der Waals surface area contributed by atoms with Gasteiger partial charge < -0.3 is 45.1 Å². The highest BCUT2D eigenvalue weighted by Crippen LogP contribution is 2.26. The predicted molar refractivity (Wildman–Crippen MR) is 310 cm³/mol. The van der Waals surface area contributed by atoms with Gasteiger partial charge in [0.1, 0.15) is 24.4 Å². The van der Waals surface area contributed by atoms with Crippen molar-refractivity contribution in [2.75, 3.05) is 13.2 Å². The molecule has 0 bridgehead atoms. The molecular formula is C64H113NO10. The van der Waals surface area contributed by atoms with Crippen LogP contribution in [0.4, 0.5) is 0 Å². The van der Waals surface area contributed by atoms with E-state index in [0.29, 0.717) is 12.8 Å². The number of amides is 1. The number of carbonyl (C=O) groups is 2. The topological polar surface area (TPSA) is 175 Å². The average molecular weight is 1060 g/mol. The van der Waals surface area contributed by atoms with Crippen molar-refractivity contribution in [2.45, 2.75) is 307 Å². The minimum Gasteiger partial charge on any atom is -0.454 e. The number of allylic oxidation sites excluding steroid dienone is 11. The third-order valence-corrected chi connectivity index (χ3v) is 14.2. The third kappa shape index (κ3) is 40.0. The van der Waals surface area contributed by atoms with E-state index in [4.69, 9.17) is 14.2 Å². The summed E-state index contributed by atoms with van der Waals surface area (Å²) in [6, 6.07) is -1.04. The number of carbonyl (C=O) groups excluding carboxylic acids is 2. The molecule has 0 aromatic carbocycles. The van der Waals surface area contributed by atoms with Crippen LogP contribution in [-0.2, 0) is 23.8 Å². The van der Waals surface area contributed by atoms with Crippen molar-refractivity contribution in [1.82, 2.24) is 5.32 Å². The highest BCUT2D eigenvalue weighted by Gasteiger charge is 2.47. The standard InChI is InChI=1S/C64H113NO10/c1-4-7-10-13-16-19-22-25-27-28-29-30-31-34-37-40-43-46-49-52-59(69)75-62-61(71)60(70)58(53-66)74-64(62)73-54-55(56(67)50-47-44-41-38-35-32-24-21-18-15-12-9-6-3)65-63(72)57(68)51-48-45-42-39-36-33-26-23-20-17-14-11-8-5-2/h8,11,14,17,20,23,25-27,33,47,50,55-58,60-62,64,66-68,70-71H,4-7,9-10,12-13,15-16,18-19,21-22,24,28-32,34-46,48-49,51-54H2,1-3H3,(H,65,72)/b11-8+,17-14+,23-20+,27-25+,33-26-,50-47+. The van der Waals surface area contributed by atoms with Crippen molar-refractivity contribution in [1.29, 1.82) is 0 Å². The molecule has 1 aliphatic heterocycles. The number of hydrogen-bond acceptors (Lipinski definition) is 10. The highest BCUT2D eigenvalue weighted by molar-refractivity contribution is 5.80. The lowest BCUT2D eigenvalue weighted by atomic mass is 9.99. The van der Waals surface area contributed by atoms with E-state index in [0.717, 1.165) is 70.6 Å². The molecule has 6 N–H and O–H groups in total. The smallest absolute Gasteiger partial charge is 0.306 e. The largest absolute Gasteiger partial charge is 0.454 e. The summed E-state index contributed by atoms with van der Waals surface area (Å²) in [4.78, 5) is 26.5. The Bertz CT molecular complexity index is 1490. The third-order valence-electron chi connectivity index (χ3n) is 14.2. The second kappa shape index (κ2) is 51.8. The molecule has 1 heterocycles. The van der Waals surface area contributed by atoms with Crippen LogP contribution in [-0.4, -0.2) is 99.6 Å². The van der Waals surface area contributed by atoms with Gasteiger partial charge in [-0.3, -0.25) is 9.59 Å². The van der Waals surface area contributed by atoms with Gasteiger partial charge in [0.05, 0.1) is 25.4 Å². The molecule has 0 saturated carbocycles. The first kappa shape index (κ1) is 70.1. The molecule has 75 heavy (non-hydrogen) atoms. The number of nitrogens with one attached hydrogen (secondary N) is 1. The molecule has 0 aliphatic carbocycles. The van der Waals surface area contributed by atoms with Crippen LogP contribution < -0.4 is 5.32 Å². The lowest BCUT2D eigenvalue weighted by Crippen LogP contribution is -2.61. The first-order chi connectivity index (χ1) is 36.7. The minimum absolute atomic E-state index is 0.116. The van der Waals surface area contributed by atoms with E-state index in [9.17, 15) is 35.1 Å². The van der Waals surface area contributed by atoms with Gasteiger partial charge in [-0.25, -0.2) is 0 Å². The second-order valence-corrected chi connectivity index (χ2v) is 21.1. The van der Waals surface area contributed by atoms with Crippen molar-refractivity contribution >= 4 is 11.9 Å². The number of ether oxygens (including phenoxy) is 3. The summed E-state index contributed by atoms with van der Waals surface area (Å²) in [5.41, 5.74) is 0. The summed E-state index contributed by atoms with van der Waals surface area (Å²) < 4.78 is 17.6. The van der Waals surface area contributed by atoms with Crippen LogP contribution in [0.15, 0.2) is 72.9 Å². The van der Waals surface area contributed by atoms with Crippen molar-refractivity contribution in [3.63, 3.8) is 0 Å². The lowest BCUT2D eigenvalue weighted by molar-refractivity contribution is -0.305. The molecular weight excluding hydrogens is 943 g/mol. The number of rotatable bonds is 51. The number of aliphatic hydroxyl groups excluding tert-OH is 5. The summed E-state index contributed by atoms with van der Waals surface area (Å²) in [5, 5.41) is 56.9. The highest BCUT2D eigenvalue weighted by atomic mass is 16.7. The molecule has 8 unspecified atom stereocenters. The van der Waals surface area contributed by atoms with E-state index in [1.807, 2.05) is 42.5 Å². The van der Waals surface area contributed by atoms with Crippen LogP contribution >= 0.6 is 0 Å². The molecule has 0 aromatic rings. The van der Waals surface area contributed by atoms with Gasteiger partial charge in [0.25, 0.3) is 0 Å². The zero-order valence-corrected chi connectivity index (χ0v) is 47.9. The van der Waals surface area contributed by atoms with E-state index >= 15 is 0 Å². The minimum atomic E-state index is -1.62. The first-order valence-electron chi connectivity index (χ1n) is 30.8.